The van der Waals surface area contributed by atoms with Crippen LogP contribution in [-0.4, -0.2) is 23.1 Å². The summed E-state index contributed by atoms with van der Waals surface area (Å²) in [5.74, 6) is 0.724. The van der Waals surface area contributed by atoms with Crippen LogP contribution in [0.2, 0.25) is 0 Å². The molecule has 1 fully saturated rings. The number of hydrogen-bond acceptors (Lipinski definition) is 1. The number of nitrogens with one attached hydrogen (secondary N) is 1. The Kier molecular flexibility index (Phi) is 5.41. The third-order valence-electron chi connectivity index (χ3n) is 4.60. The molecule has 0 unspecified atom stereocenters. The molecule has 3 heteroatoms. The Labute approximate surface area is 128 Å². The normalized spacial score (nSPS) is 23.9. The van der Waals surface area contributed by atoms with Crippen LogP contribution in [0.4, 0.5) is 0 Å². The van der Waals surface area contributed by atoms with E-state index in [1.807, 2.05) is 0 Å². The fourth-order valence-corrected chi connectivity index (χ4v) is 3.23. The summed E-state index contributed by atoms with van der Waals surface area (Å²) in [5.41, 5.74) is 1.30. The van der Waals surface area contributed by atoms with Gasteiger partial charge in [0.1, 0.15) is 0 Å². The van der Waals surface area contributed by atoms with Crippen molar-refractivity contribution in [1.82, 2.24) is 10.2 Å². The Morgan fingerprint density at radius 3 is 2.55 bits per heavy atom. The minimum Gasteiger partial charge on any atom is -0.360 e. The van der Waals surface area contributed by atoms with Gasteiger partial charge in [-0.15, -0.1) is 0 Å². The van der Waals surface area contributed by atoms with Crippen molar-refractivity contribution in [2.45, 2.75) is 51.6 Å². The largest absolute Gasteiger partial charge is 0.360 e. The fourth-order valence-electron chi connectivity index (χ4n) is 2.92. The Balaban J connectivity index is 1.94. The Bertz CT molecular complexity index is 432. The number of hydrogen-bond donors (Lipinski definition) is 1. The van der Waals surface area contributed by atoms with Gasteiger partial charge in [0.2, 0.25) is 0 Å². The van der Waals surface area contributed by atoms with Crippen LogP contribution in [0.25, 0.3) is 0 Å². The second-order valence-electron chi connectivity index (χ2n) is 6.02. The maximum absolute atomic E-state index is 5.60. The molecule has 1 saturated carbocycles. The summed E-state index contributed by atoms with van der Waals surface area (Å²) in [4.78, 5) is 2.17. The van der Waals surface area contributed by atoms with Crippen molar-refractivity contribution in [1.29, 1.82) is 0 Å². The maximum Gasteiger partial charge on any atom is 0.169 e. The molecule has 20 heavy (non-hydrogen) atoms. The van der Waals surface area contributed by atoms with Gasteiger partial charge in [-0.2, -0.15) is 0 Å². The van der Waals surface area contributed by atoms with Gasteiger partial charge in [0.25, 0.3) is 0 Å². The van der Waals surface area contributed by atoms with E-state index < -0.39 is 0 Å². The number of rotatable bonds is 3. The zero-order valence-corrected chi connectivity index (χ0v) is 13.6. The molecule has 1 aliphatic carbocycles. The van der Waals surface area contributed by atoms with E-state index >= 15 is 0 Å². The van der Waals surface area contributed by atoms with Crippen LogP contribution < -0.4 is 5.32 Å². The summed E-state index contributed by atoms with van der Waals surface area (Å²) < 4.78 is 0. The quantitative estimate of drug-likeness (QED) is 0.843. The van der Waals surface area contributed by atoms with Crippen LogP contribution in [-0.2, 0) is 0 Å². The first kappa shape index (κ1) is 15.3. The zero-order valence-electron chi connectivity index (χ0n) is 12.8. The van der Waals surface area contributed by atoms with Crippen LogP contribution in [0.15, 0.2) is 30.3 Å². The monoisotopic (exact) mass is 290 g/mol. The van der Waals surface area contributed by atoms with E-state index in [4.69, 9.17) is 12.2 Å². The van der Waals surface area contributed by atoms with Crippen LogP contribution in [0.3, 0.4) is 0 Å². The lowest BCUT2D eigenvalue weighted by Gasteiger charge is -2.35. The molecule has 0 bridgehead atoms. The highest BCUT2D eigenvalue weighted by atomic mass is 32.1. The van der Waals surface area contributed by atoms with Crippen LogP contribution in [0.1, 0.15) is 51.1 Å². The first-order chi connectivity index (χ1) is 9.59. The van der Waals surface area contributed by atoms with E-state index in [0.717, 1.165) is 11.0 Å². The molecule has 0 spiro atoms. The van der Waals surface area contributed by atoms with E-state index in [2.05, 4.69) is 61.4 Å². The highest BCUT2D eigenvalue weighted by Gasteiger charge is 2.23. The molecule has 0 saturated heterocycles. The molecule has 2 rings (SSSR count). The van der Waals surface area contributed by atoms with Crippen LogP contribution in [0, 0.1) is 5.92 Å². The first-order valence-electron chi connectivity index (χ1n) is 7.68. The third kappa shape index (κ3) is 3.72. The van der Waals surface area contributed by atoms with Crippen molar-refractivity contribution < 1.29 is 0 Å². The topological polar surface area (TPSA) is 15.3 Å². The van der Waals surface area contributed by atoms with Crippen molar-refractivity contribution in [2.75, 3.05) is 7.05 Å². The fraction of sp³-hybridized carbons (Fsp3) is 0.588. The Morgan fingerprint density at radius 1 is 1.25 bits per heavy atom. The highest BCUT2D eigenvalue weighted by molar-refractivity contribution is 7.80. The molecule has 1 N–H and O–H groups in total. The van der Waals surface area contributed by atoms with Gasteiger partial charge < -0.3 is 10.2 Å². The summed E-state index contributed by atoms with van der Waals surface area (Å²) >= 11 is 5.60. The molecule has 3 atom stereocenters. The summed E-state index contributed by atoms with van der Waals surface area (Å²) in [7, 11) is 2.08. The highest BCUT2D eigenvalue weighted by Crippen LogP contribution is 2.25. The van der Waals surface area contributed by atoms with Crippen molar-refractivity contribution in [3.05, 3.63) is 35.9 Å². The van der Waals surface area contributed by atoms with Gasteiger partial charge in [0.15, 0.2) is 5.11 Å². The standard InChI is InChI=1S/C17H26N2S/c1-13-9-7-8-12-16(13)18-17(20)19(3)14(2)15-10-5-4-6-11-15/h4-6,10-11,13-14,16H,7-9,12H2,1-3H3,(H,18,20)/t13-,14+,16-/m1/s1. The predicted molar refractivity (Wildman–Crippen MR) is 89.8 cm³/mol. The summed E-state index contributed by atoms with van der Waals surface area (Å²) in [6.07, 6.45) is 5.25. The molecule has 1 aromatic carbocycles. The van der Waals surface area contributed by atoms with Gasteiger partial charge in [-0.25, -0.2) is 0 Å². The molecule has 110 valence electrons. The van der Waals surface area contributed by atoms with Gasteiger partial charge >= 0.3 is 0 Å². The number of nitrogens with zero attached hydrogens (tertiary/aromatic N) is 1. The Hall–Kier alpha value is -1.09. The zero-order chi connectivity index (χ0) is 14.5. The summed E-state index contributed by atoms with van der Waals surface area (Å²) in [6.45, 7) is 4.54. The van der Waals surface area contributed by atoms with Crippen molar-refractivity contribution in [2.24, 2.45) is 5.92 Å². The molecule has 2 nitrogen and oxygen atoms in total. The molecule has 0 heterocycles. The van der Waals surface area contributed by atoms with Crippen LogP contribution >= 0.6 is 12.2 Å². The smallest absolute Gasteiger partial charge is 0.169 e. The minimum absolute atomic E-state index is 0.301. The lowest BCUT2D eigenvalue weighted by Crippen LogP contribution is -2.47. The summed E-state index contributed by atoms with van der Waals surface area (Å²) in [6, 6.07) is 11.4. The van der Waals surface area contributed by atoms with Crippen molar-refractivity contribution in [3.8, 4) is 0 Å². The molecule has 0 aliphatic heterocycles. The first-order valence-corrected chi connectivity index (χ1v) is 8.08. The third-order valence-corrected chi connectivity index (χ3v) is 5.01. The predicted octanol–water partition coefficient (Wildman–Crippen LogP) is 4.13. The van der Waals surface area contributed by atoms with E-state index in [-0.39, 0.29) is 0 Å². The second kappa shape index (κ2) is 7.07. The van der Waals surface area contributed by atoms with E-state index in [1.165, 1.54) is 31.2 Å². The van der Waals surface area contributed by atoms with Crippen molar-refractivity contribution >= 4 is 17.3 Å². The molecule has 1 aromatic rings. The minimum atomic E-state index is 0.301. The van der Waals surface area contributed by atoms with E-state index in [0.29, 0.717) is 12.1 Å². The van der Waals surface area contributed by atoms with Crippen molar-refractivity contribution in [3.63, 3.8) is 0 Å². The molecular weight excluding hydrogens is 264 g/mol. The summed E-state index contributed by atoms with van der Waals surface area (Å²) in [5, 5.41) is 4.45. The van der Waals surface area contributed by atoms with Gasteiger partial charge in [0, 0.05) is 13.1 Å². The second-order valence-corrected chi connectivity index (χ2v) is 6.40. The van der Waals surface area contributed by atoms with E-state index in [1.54, 1.807) is 0 Å². The lowest BCUT2D eigenvalue weighted by molar-refractivity contribution is 0.294. The van der Waals surface area contributed by atoms with Gasteiger partial charge in [-0.05, 0) is 43.5 Å². The molecular formula is C17H26N2S. The van der Waals surface area contributed by atoms with Gasteiger partial charge in [0.05, 0.1) is 6.04 Å². The number of thiocarbonyl (C=S) groups is 1. The molecule has 1 aliphatic rings. The molecule has 0 aromatic heterocycles. The molecule has 0 amide bonds. The molecule has 0 radical (unpaired) electrons. The lowest BCUT2D eigenvalue weighted by atomic mass is 9.86. The van der Waals surface area contributed by atoms with E-state index in [9.17, 15) is 0 Å². The number of benzene rings is 1. The van der Waals surface area contributed by atoms with Crippen LogP contribution in [0.5, 0.6) is 0 Å². The van der Waals surface area contributed by atoms with Gasteiger partial charge in [-0.3, -0.25) is 0 Å². The average Bonchev–Trinajstić information content (AvgIpc) is 2.49. The SMILES string of the molecule is C[C@@H]1CCCC[C@H]1NC(=S)N(C)[C@@H](C)c1ccccc1. The average molecular weight is 290 g/mol. The van der Waals surface area contributed by atoms with Gasteiger partial charge in [-0.1, -0.05) is 50.1 Å². The Morgan fingerprint density at radius 2 is 1.90 bits per heavy atom. The maximum atomic E-state index is 5.60.